The van der Waals surface area contributed by atoms with E-state index in [2.05, 4.69) is 54.9 Å². The second kappa shape index (κ2) is 4.02. The average molecular weight is 244 g/mol. The molecule has 2 atom stereocenters. The molecule has 0 radical (unpaired) electrons. The summed E-state index contributed by atoms with van der Waals surface area (Å²) in [6.45, 7) is 2.10. The highest BCUT2D eigenvalue weighted by Gasteiger charge is 2.41. The van der Waals surface area contributed by atoms with Crippen molar-refractivity contribution in [1.29, 1.82) is 0 Å². The number of hydrogen-bond donors (Lipinski definition) is 0. The molecule has 0 spiro atoms. The number of fused-ring (bicyclic) bond motifs is 1. The maximum Gasteiger partial charge on any atom is 0.146 e. The van der Waals surface area contributed by atoms with E-state index in [9.17, 15) is 0 Å². The van der Waals surface area contributed by atoms with Crippen LogP contribution in [0.25, 0.3) is 10.9 Å². The van der Waals surface area contributed by atoms with E-state index in [4.69, 9.17) is 4.74 Å². The molecule has 3 heteroatoms. The highest BCUT2D eigenvalue weighted by Crippen LogP contribution is 2.43. The van der Waals surface area contributed by atoms with Gasteiger partial charge in [-0.05, 0) is 39.1 Å². The SMILES string of the molecule is COc1c(C)ccc2ccn(C3CC3N(C)C)c12. The predicted octanol–water partition coefficient (Wildman–Crippen LogP) is 2.83. The Morgan fingerprint density at radius 1 is 1.28 bits per heavy atom. The monoisotopic (exact) mass is 244 g/mol. The Bertz CT molecular complexity index is 585. The summed E-state index contributed by atoms with van der Waals surface area (Å²) in [5.74, 6) is 1.02. The molecule has 3 nitrogen and oxygen atoms in total. The highest BCUT2D eigenvalue weighted by atomic mass is 16.5. The van der Waals surface area contributed by atoms with Gasteiger partial charge in [-0.1, -0.05) is 12.1 Å². The molecule has 1 heterocycles. The smallest absolute Gasteiger partial charge is 0.146 e. The van der Waals surface area contributed by atoms with E-state index in [1.807, 2.05) is 0 Å². The van der Waals surface area contributed by atoms with Gasteiger partial charge in [-0.15, -0.1) is 0 Å². The van der Waals surface area contributed by atoms with E-state index >= 15 is 0 Å². The van der Waals surface area contributed by atoms with Crippen LogP contribution in [0.15, 0.2) is 24.4 Å². The lowest BCUT2D eigenvalue weighted by Crippen LogP contribution is -2.17. The Kier molecular flexibility index (Phi) is 2.59. The first-order valence-electron chi connectivity index (χ1n) is 6.44. The van der Waals surface area contributed by atoms with Gasteiger partial charge in [0.25, 0.3) is 0 Å². The molecule has 0 aliphatic heterocycles. The maximum absolute atomic E-state index is 5.60. The number of aromatic nitrogens is 1. The van der Waals surface area contributed by atoms with Gasteiger partial charge in [0.15, 0.2) is 0 Å². The van der Waals surface area contributed by atoms with Crippen molar-refractivity contribution >= 4 is 10.9 Å². The van der Waals surface area contributed by atoms with Crippen LogP contribution < -0.4 is 4.74 Å². The van der Waals surface area contributed by atoms with Crippen LogP contribution in [0.1, 0.15) is 18.0 Å². The summed E-state index contributed by atoms with van der Waals surface area (Å²) in [5, 5.41) is 1.27. The van der Waals surface area contributed by atoms with Crippen molar-refractivity contribution in [2.75, 3.05) is 21.2 Å². The van der Waals surface area contributed by atoms with Crippen molar-refractivity contribution < 1.29 is 4.74 Å². The Balaban J connectivity index is 2.11. The molecule has 1 fully saturated rings. The van der Waals surface area contributed by atoms with Gasteiger partial charge in [0.2, 0.25) is 0 Å². The number of ether oxygens (including phenoxy) is 1. The van der Waals surface area contributed by atoms with Crippen LogP contribution in [0.3, 0.4) is 0 Å². The van der Waals surface area contributed by atoms with Crippen molar-refractivity contribution in [2.45, 2.75) is 25.4 Å². The van der Waals surface area contributed by atoms with E-state index in [-0.39, 0.29) is 0 Å². The van der Waals surface area contributed by atoms with E-state index in [1.165, 1.54) is 22.9 Å². The zero-order chi connectivity index (χ0) is 12.9. The molecule has 0 amide bonds. The van der Waals surface area contributed by atoms with E-state index in [0.717, 1.165) is 5.75 Å². The van der Waals surface area contributed by atoms with Gasteiger partial charge in [0.1, 0.15) is 5.75 Å². The zero-order valence-electron chi connectivity index (χ0n) is 11.5. The van der Waals surface area contributed by atoms with E-state index < -0.39 is 0 Å². The first kappa shape index (κ1) is 11.6. The van der Waals surface area contributed by atoms with Gasteiger partial charge < -0.3 is 14.2 Å². The van der Waals surface area contributed by atoms with Crippen LogP contribution in [0.5, 0.6) is 5.75 Å². The molecule has 2 aromatic rings. The molecule has 1 aliphatic carbocycles. The molecule has 1 aromatic carbocycles. The fraction of sp³-hybridized carbons (Fsp3) is 0.467. The molecule has 0 bridgehead atoms. The Morgan fingerprint density at radius 2 is 2.06 bits per heavy atom. The second-order valence-corrected chi connectivity index (χ2v) is 5.41. The lowest BCUT2D eigenvalue weighted by molar-refractivity contribution is 0.375. The van der Waals surface area contributed by atoms with Gasteiger partial charge in [0, 0.05) is 17.6 Å². The minimum Gasteiger partial charge on any atom is -0.494 e. The summed E-state index contributed by atoms with van der Waals surface area (Å²) in [5.41, 5.74) is 2.44. The molecule has 0 N–H and O–H groups in total. The first-order valence-corrected chi connectivity index (χ1v) is 6.44. The summed E-state index contributed by atoms with van der Waals surface area (Å²) >= 11 is 0. The molecular formula is C15H20N2O. The summed E-state index contributed by atoms with van der Waals surface area (Å²) in [7, 11) is 6.06. The van der Waals surface area contributed by atoms with Gasteiger partial charge in [0.05, 0.1) is 18.7 Å². The van der Waals surface area contributed by atoms with Crippen molar-refractivity contribution in [2.24, 2.45) is 0 Å². The summed E-state index contributed by atoms with van der Waals surface area (Å²) in [6, 6.07) is 7.74. The number of aryl methyl sites for hydroxylation is 1. The quantitative estimate of drug-likeness (QED) is 0.826. The number of methoxy groups -OCH3 is 1. The average Bonchev–Trinajstić information content (AvgIpc) is 3.03. The fourth-order valence-electron chi connectivity index (χ4n) is 2.88. The van der Waals surface area contributed by atoms with Crippen molar-refractivity contribution in [3.05, 3.63) is 30.0 Å². The zero-order valence-corrected chi connectivity index (χ0v) is 11.5. The van der Waals surface area contributed by atoms with Crippen LogP contribution in [0.4, 0.5) is 0 Å². The molecule has 3 rings (SSSR count). The van der Waals surface area contributed by atoms with Crippen LogP contribution in [0.2, 0.25) is 0 Å². The Labute approximate surface area is 108 Å². The number of hydrogen-bond acceptors (Lipinski definition) is 2. The van der Waals surface area contributed by atoms with Crippen molar-refractivity contribution in [3.8, 4) is 5.75 Å². The molecule has 2 unspecified atom stereocenters. The van der Waals surface area contributed by atoms with Crippen LogP contribution in [-0.2, 0) is 0 Å². The second-order valence-electron chi connectivity index (χ2n) is 5.41. The fourth-order valence-corrected chi connectivity index (χ4v) is 2.88. The highest BCUT2D eigenvalue weighted by molar-refractivity contribution is 5.87. The molecule has 18 heavy (non-hydrogen) atoms. The van der Waals surface area contributed by atoms with Gasteiger partial charge in [-0.2, -0.15) is 0 Å². The van der Waals surface area contributed by atoms with Gasteiger partial charge >= 0.3 is 0 Å². The van der Waals surface area contributed by atoms with E-state index in [1.54, 1.807) is 7.11 Å². The predicted molar refractivity (Wildman–Crippen MR) is 74.4 cm³/mol. The number of likely N-dealkylation sites (N-methyl/N-ethyl adjacent to an activating group) is 1. The third-order valence-electron chi connectivity index (χ3n) is 3.98. The van der Waals surface area contributed by atoms with Crippen molar-refractivity contribution in [1.82, 2.24) is 9.47 Å². The lowest BCUT2D eigenvalue weighted by Gasteiger charge is -2.13. The number of rotatable bonds is 3. The van der Waals surface area contributed by atoms with E-state index in [0.29, 0.717) is 12.1 Å². The minimum absolute atomic E-state index is 0.591. The molecule has 96 valence electrons. The topological polar surface area (TPSA) is 17.4 Å². The molecule has 1 saturated carbocycles. The lowest BCUT2D eigenvalue weighted by atomic mass is 10.1. The van der Waals surface area contributed by atoms with Crippen LogP contribution in [-0.4, -0.2) is 36.7 Å². The first-order chi connectivity index (χ1) is 8.63. The summed E-state index contributed by atoms with van der Waals surface area (Å²) in [6.07, 6.45) is 3.43. The van der Waals surface area contributed by atoms with Gasteiger partial charge in [-0.25, -0.2) is 0 Å². The van der Waals surface area contributed by atoms with Crippen LogP contribution >= 0.6 is 0 Å². The molecule has 0 saturated heterocycles. The Hall–Kier alpha value is -1.48. The largest absolute Gasteiger partial charge is 0.494 e. The number of benzene rings is 1. The standard InChI is InChI=1S/C15H20N2O/c1-10-5-6-11-7-8-17(14(11)15(10)18-4)13-9-12(13)16(2)3/h5-8,12-13H,9H2,1-4H3. The Morgan fingerprint density at radius 3 is 2.67 bits per heavy atom. The van der Waals surface area contributed by atoms with Crippen molar-refractivity contribution in [3.63, 3.8) is 0 Å². The minimum atomic E-state index is 0.591. The maximum atomic E-state index is 5.60. The summed E-state index contributed by atoms with van der Waals surface area (Å²) < 4.78 is 7.98. The third-order valence-corrected chi connectivity index (χ3v) is 3.98. The summed E-state index contributed by atoms with van der Waals surface area (Å²) in [4.78, 5) is 2.30. The third kappa shape index (κ3) is 1.62. The number of nitrogens with zero attached hydrogens (tertiary/aromatic N) is 2. The normalized spacial score (nSPS) is 22.7. The van der Waals surface area contributed by atoms with Crippen LogP contribution in [0, 0.1) is 6.92 Å². The van der Waals surface area contributed by atoms with Gasteiger partial charge in [-0.3, -0.25) is 0 Å². The molecule has 1 aliphatic rings. The molecule has 1 aromatic heterocycles. The molecular weight excluding hydrogens is 224 g/mol.